The average molecular weight is 367 g/mol. The van der Waals surface area contributed by atoms with Crippen molar-refractivity contribution in [3.05, 3.63) is 65.2 Å². The minimum absolute atomic E-state index is 0.0853. The molecule has 0 bridgehead atoms. The first-order chi connectivity index (χ1) is 13.1. The number of carbonyl (C=O) groups is 2. The summed E-state index contributed by atoms with van der Waals surface area (Å²) in [7, 11) is 0. The van der Waals surface area contributed by atoms with Crippen molar-refractivity contribution in [3.63, 3.8) is 0 Å². The number of carboxylic acid groups (broad SMARTS) is 1. The van der Waals surface area contributed by atoms with Crippen LogP contribution in [-0.4, -0.2) is 30.1 Å². The summed E-state index contributed by atoms with van der Waals surface area (Å²) in [5.41, 5.74) is 3.18. The highest BCUT2D eigenvalue weighted by Crippen LogP contribution is 2.32. The van der Waals surface area contributed by atoms with Gasteiger partial charge in [0.2, 0.25) is 5.91 Å². The van der Waals surface area contributed by atoms with Crippen molar-refractivity contribution >= 4 is 11.9 Å². The molecule has 0 aromatic heterocycles. The average Bonchev–Trinajstić information content (AvgIpc) is 3.10. The topological polar surface area (TPSA) is 75.6 Å². The van der Waals surface area contributed by atoms with Crippen LogP contribution in [0.3, 0.4) is 0 Å². The van der Waals surface area contributed by atoms with E-state index >= 15 is 0 Å². The molecule has 1 aliphatic rings. The summed E-state index contributed by atoms with van der Waals surface area (Å²) in [6, 6.07) is 15.4. The van der Waals surface area contributed by atoms with Gasteiger partial charge in [0.25, 0.3) is 0 Å². The fourth-order valence-corrected chi connectivity index (χ4v) is 3.60. The zero-order valence-electron chi connectivity index (χ0n) is 15.5. The highest BCUT2D eigenvalue weighted by molar-refractivity contribution is 5.85. The molecule has 1 aliphatic carbocycles. The number of amides is 1. The number of ether oxygens (including phenoxy) is 1. The highest BCUT2D eigenvalue weighted by atomic mass is 16.5. The normalized spacial score (nSPS) is 16.4. The Morgan fingerprint density at radius 1 is 1.19 bits per heavy atom. The van der Waals surface area contributed by atoms with Crippen LogP contribution in [0.25, 0.3) is 0 Å². The van der Waals surface area contributed by atoms with Crippen molar-refractivity contribution in [1.82, 2.24) is 5.32 Å². The molecule has 5 nitrogen and oxygen atoms in total. The molecule has 0 saturated carbocycles. The van der Waals surface area contributed by atoms with Crippen molar-refractivity contribution in [2.45, 2.75) is 32.1 Å². The van der Waals surface area contributed by atoms with Gasteiger partial charge in [0.1, 0.15) is 5.75 Å². The minimum atomic E-state index is -0.906. The van der Waals surface area contributed by atoms with Crippen LogP contribution in [0, 0.1) is 5.92 Å². The summed E-state index contributed by atoms with van der Waals surface area (Å²) in [6.07, 6.45) is 2.04. The number of nitrogens with one attached hydrogen (secondary N) is 1. The summed E-state index contributed by atoms with van der Waals surface area (Å²) in [5, 5.41) is 12.4. The van der Waals surface area contributed by atoms with E-state index in [2.05, 4.69) is 11.4 Å². The number of aryl methyl sites for hydroxylation is 1. The van der Waals surface area contributed by atoms with E-state index in [0.29, 0.717) is 13.0 Å². The standard InChI is InChI=1S/C22H25NO4/c1-2-27-18-10-7-15(8-11-18)13-17(22(25)26)14-23-21(24)20-12-9-16-5-3-4-6-19(16)20/h3-8,10-11,17,20H,2,9,12-14H2,1H3,(H,23,24)(H,25,26). The molecule has 0 aliphatic heterocycles. The molecular formula is C22H25NO4. The first kappa shape index (κ1) is 19.0. The predicted octanol–water partition coefficient (Wildman–Crippen LogP) is 3.17. The highest BCUT2D eigenvalue weighted by Gasteiger charge is 2.29. The summed E-state index contributed by atoms with van der Waals surface area (Å²) < 4.78 is 5.40. The quantitative estimate of drug-likeness (QED) is 0.751. The van der Waals surface area contributed by atoms with Crippen LogP contribution in [0.2, 0.25) is 0 Å². The van der Waals surface area contributed by atoms with Gasteiger partial charge < -0.3 is 15.2 Å². The van der Waals surface area contributed by atoms with E-state index in [1.54, 1.807) is 0 Å². The third-order valence-electron chi connectivity index (χ3n) is 5.04. The molecule has 0 fully saturated rings. The van der Waals surface area contributed by atoms with Gasteiger partial charge in [-0.15, -0.1) is 0 Å². The molecule has 2 unspecified atom stereocenters. The molecule has 142 valence electrons. The van der Waals surface area contributed by atoms with Crippen molar-refractivity contribution in [1.29, 1.82) is 0 Å². The van der Waals surface area contributed by atoms with Gasteiger partial charge in [-0.2, -0.15) is 0 Å². The minimum Gasteiger partial charge on any atom is -0.494 e. The lowest BCUT2D eigenvalue weighted by atomic mass is 9.97. The Bertz CT molecular complexity index is 800. The Morgan fingerprint density at radius 3 is 2.63 bits per heavy atom. The Hall–Kier alpha value is -2.82. The Kier molecular flexibility index (Phi) is 6.12. The zero-order chi connectivity index (χ0) is 19.2. The molecule has 5 heteroatoms. The lowest BCUT2D eigenvalue weighted by molar-refractivity contribution is -0.141. The van der Waals surface area contributed by atoms with E-state index in [1.165, 1.54) is 5.56 Å². The summed E-state index contributed by atoms with van der Waals surface area (Å²) >= 11 is 0. The lowest BCUT2D eigenvalue weighted by Crippen LogP contribution is -2.36. The molecule has 2 N–H and O–H groups in total. The molecule has 2 aromatic rings. The van der Waals surface area contributed by atoms with Crippen molar-refractivity contribution in [3.8, 4) is 5.75 Å². The Morgan fingerprint density at radius 2 is 1.93 bits per heavy atom. The van der Waals surface area contributed by atoms with Gasteiger partial charge >= 0.3 is 5.97 Å². The van der Waals surface area contributed by atoms with Crippen molar-refractivity contribution < 1.29 is 19.4 Å². The smallest absolute Gasteiger partial charge is 0.308 e. The third kappa shape index (κ3) is 4.67. The van der Waals surface area contributed by atoms with Gasteiger partial charge in [-0.05, 0) is 55.0 Å². The van der Waals surface area contributed by atoms with Crippen LogP contribution in [0.4, 0.5) is 0 Å². The largest absolute Gasteiger partial charge is 0.494 e. The van der Waals surface area contributed by atoms with E-state index in [0.717, 1.165) is 29.7 Å². The fraction of sp³-hybridized carbons (Fsp3) is 0.364. The Labute approximate surface area is 159 Å². The molecule has 2 aromatic carbocycles. The second kappa shape index (κ2) is 8.71. The zero-order valence-corrected chi connectivity index (χ0v) is 15.5. The lowest BCUT2D eigenvalue weighted by Gasteiger charge is -2.17. The van der Waals surface area contributed by atoms with Gasteiger partial charge in [-0.1, -0.05) is 36.4 Å². The molecule has 0 heterocycles. The number of hydrogen-bond donors (Lipinski definition) is 2. The maximum Gasteiger partial charge on any atom is 0.308 e. The molecule has 0 radical (unpaired) electrons. The van der Waals surface area contributed by atoms with Crippen LogP contribution >= 0.6 is 0 Å². The monoisotopic (exact) mass is 367 g/mol. The maximum atomic E-state index is 12.6. The van der Waals surface area contributed by atoms with Gasteiger partial charge in [0.05, 0.1) is 18.4 Å². The number of carbonyl (C=O) groups excluding carboxylic acids is 1. The third-order valence-corrected chi connectivity index (χ3v) is 5.04. The number of carboxylic acids is 1. The van der Waals surface area contributed by atoms with Crippen LogP contribution in [0.5, 0.6) is 5.75 Å². The van der Waals surface area contributed by atoms with Crippen LogP contribution in [0.1, 0.15) is 36.0 Å². The van der Waals surface area contributed by atoms with E-state index < -0.39 is 11.9 Å². The SMILES string of the molecule is CCOc1ccc(CC(CNC(=O)C2CCc3ccccc32)C(=O)O)cc1. The Balaban J connectivity index is 1.58. The van der Waals surface area contributed by atoms with Gasteiger partial charge in [0.15, 0.2) is 0 Å². The van der Waals surface area contributed by atoms with Gasteiger partial charge in [-0.25, -0.2) is 0 Å². The molecule has 0 saturated heterocycles. The first-order valence-corrected chi connectivity index (χ1v) is 9.38. The first-order valence-electron chi connectivity index (χ1n) is 9.38. The molecule has 27 heavy (non-hydrogen) atoms. The molecule has 1 amide bonds. The number of rotatable bonds is 8. The van der Waals surface area contributed by atoms with E-state index in [9.17, 15) is 14.7 Å². The molecule has 0 spiro atoms. The second-order valence-corrected chi connectivity index (χ2v) is 6.85. The van der Waals surface area contributed by atoms with Crippen LogP contribution in [-0.2, 0) is 22.4 Å². The second-order valence-electron chi connectivity index (χ2n) is 6.85. The molecule has 3 rings (SSSR count). The number of benzene rings is 2. The van der Waals surface area contributed by atoms with E-state index in [1.807, 2.05) is 49.4 Å². The van der Waals surface area contributed by atoms with Crippen molar-refractivity contribution in [2.75, 3.05) is 13.2 Å². The summed E-state index contributed by atoms with van der Waals surface area (Å²) in [6.45, 7) is 2.63. The summed E-state index contributed by atoms with van der Waals surface area (Å²) in [5.74, 6) is -1.07. The number of fused-ring (bicyclic) bond motifs is 1. The fourth-order valence-electron chi connectivity index (χ4n) is 3.60. The van der Waals surface area contributed by atoms with Gasteiger partial charge in [-0.3, -0.25) is 9.59 Å². The predicted molar refractivity (Wildman–Crippen MR) is 103 cm³/mol. The van der Waals surface area contributed by atoms with E-state index in [4.69, 9.17) is 4.74 Å². The van der Waals surface area contributed by atoms with Crippen molar-refractivity contribution in [2.24, 2.45) is 5.92 Å². The molecule has 2 atom stereocenters. The van der Waals surface area contributed by atoms with Gasteiger partial charge in [0, 0.05) is 6.54 Å². The number of aliphatic carboxylic acids is 1. The number of hydrogen-bond acceptors (Lipinski definition) is 3. The maximum absolute atomic E-state index is 12.6. The van der Waals surface area contributed by atoms with Crippen LogP contribution < -0.4 is 10.1 Å². The molecular weight excluding hydrogens is 342 g/mol. The van der Waals surface area contributed by atoms with E-state index in [-0.39, 0.29) is 18.4 Å². The van der Waals surface area contributed by atoms with Crippen LogP contribution in [0.15, 0.2) is 48.5 Å². The summed E-state index contributed by atoms with van der Waals surface area (Å²) in [4.78, 5) is 24.2.